The summed E-state index contributed by atoms with van der Waals surface area (Å²) in [6.07, 6.45) is 16.4. The average molecular weight is 1060 g/mol. The lowest BCUT2D eigenvalue weighted by Crippen LogP contribution is -2.46. The van der Waals surface area contributed by atoms with Gasteiger partial charge in [-0.15, -0.1) is 0 Å². The van der Waals surface area contributed by atoms with E-state index >= 15 is 0 Å². The number of esters is 1. The van der Waals surface area contributed by atoms with Crippen molar-refractivity contribution in [2.24, 2.45) is 0 Å². The molecule has 0 amide bonds. The first kappa shape index (κ1) is 59.9. The number of ether oxygens (including phenoxy) is 7. The number of ketones is 1. The Bertz CT molecular complexity index is 2700. The van der Waals surface area contributed by atoms with E-state index < -0.39 is 53.3 Å². The molecule has 1 aromatic heterocycles. The Morgan fingerprint density at radius 3 is 1.69 bits per heavy atom. The Labute approximate surface area is 455 Å². The summed E-state index contributed by atoms with van der Waals surface area (Å²) in [5.74, 6) is 0.0147. The molecule has 6 rings (SSSR count). The fourth-order valence-corrected chi connectivity index (χ4v) is 10.2. The molecule has 0 N–H and O–H groups in total. The average Bonchev–Trinajstić information content (AvgIpc) is 3.78. The Morgan fingerprint density at radius 1 is 0.636 bits per heavy atom. The van der Waals surface area contributed by atoms with E-state index in [1.54, 1.807) is 26.4 Å². The number of unbranched alkanes of at least 4 members (excludes halogenated alkanes) is 15. The third-order valence-corrected chi connectivity index (χ3v) is 14.8. The van der Waals surface area contributed by atoms with Gasteiger partial charge < -0.3 is 38.0 Å². The molecule has 0 aliphatic carbocycles. The number of carbonyl (C=O) groups is 3. The molecule has 1 aliphatic heterocycles. The van der Waals surface area contributed by atoms with E-state index in [1.807, 2.05) is 92.7 Å². The van der Waals surface area contributed by atoms with E-state index in [9.17, 15) is 24.0 Å². The van der Waals surface area contributed by atoms with Gasteiger partial charge in [0, 0.05) is 31.4 Å². The second-order valence-corrected chi connectivity index (χ2v) is 20.3. The molecule has 4 atom stereocenters. The van der Waals surface area contributed by atoms with Crippen molar-refractivity contribution in [1.82, 2.24) is 9.13 Å². The zero-order valence-electron chi connectivity index (χ0n) is 46.6. The summed E-state index contributed by atoms with van der Waals surface area (Å²) in [4.78, 5) is 68.3. The fraction of sp³-hybridized carbons (Fsp3) is 0.508. The van der Waals surface area contributed by atoms with Gasteiger partial charge in [0.05, 0.1) is 33.9 Å². The van der Waals surface area contributed by atoms with Crippen LogP contribution in [-0.4, -0.2) is 79.6 Å². The van der Waals surface area contributed by atoms with Crippen molar-refractivity contribution in [2.45, 2.75) is 173 Å². The molecule has 5 aromatic rings. The Balaban J connectivity index is 1.20. The van der Waals surface area contributed by atoms with Crippen molar-refractivity contribution in [2.75, 3.05) is 34.5 Å². The van der Waals surface area contributed by atoms with Crippen molar-refractivity contribution < 1.29 is 47.5 Å². The predicted octanol–water partition coefficient (Wildman–Crippen LogP) is 12.2. The van der Waals surface area contributed by atoms with Crippen LogP contribution in [0.15, 0.2) is 113 Å². The van der Waals surface area contributed by atoms with E-state index in [1.165, 1.54) is 104 Å². The highest BCUT2D eigenvalue weighted by Gasteiger charge is 2.51. The SMILES string of the molecule is CCCCCCCCCCCCCCCCCCOc1cc(C(=O)n2c(=O)ccn([C@@H]3O[C@H](COC(c4ccccc4)(c4ccc(OC)cc4)c4ccc(OC)cc4)C(OC(=O)CCC(C)=O)[C@@H]3OC)c2=O)cc(C)c1C. The zero-order valence-corrected chi connectivity index (χ0v) is 46.6. The van der Waals surface area contributed by atoms with Crippen LogP contribution in [0.3, 0.4) is 0 Å². The molecule has 77 heavy (non-hydrogen) atoms. The maximum absolute atomic E-state index is 14.7. The lowest BCUT2D eigenvalue weighted by Gasteiger charge is -2.37. The van der Waals surface area contributed by atoms with Gasteiger partial charge in [-0.05, 0) is 91.4 Å². The number of carbonyl (C=O) groups excluding carboxylic acids is 3. The molecule has 0 radical (unpaired) electrons. The van der Waals surface area contributed by atoms with Gasteiger partial charge in [-0.1, -0.05) is 158 Å². The second kappa shape index (κ2) is 30.6. The number of nitrogens with zero attached hydrogens (tertiary/aromatic N) is 2. The minimum Gasteiger partial charge on any atom is -0.497 e. The van der Waals surface area contributed by atoms with Crippen molar-refractivity contribution in [1.29, 1.82) is 0 Å². The van der Waals surface area contributed by atoms with Crippen LogP contribution < -0.4 is 25.5 Å². The predicted molar refractivity (Wildman–Crippen MR) is 298 cm³/mol. The van der Waals surface area contributed by atoms with E-state index in [-0.39, 0.29) is 30.8 Å². The highest BCUT2D eigenvalue weighted by atomic mass is 16.6. The molecule has 0 saturated carbocycles. The second-order valence-electron chi connectivity index (χ2n) is 20.3. The molecule has 416 valence electrons. The van der Waals surface area contributed by atoms with Crippen molar-refractivity contribution in [3.8, 4) is 17.2 Å². The fourth-order valence-electron chi connectivity index (χ4n) is 10.2. The number of hydrogen-bond donors (Lipinski definition) is 0. The van der Waals surface area contributed by atoms with Crippen LogP contribution in [-0.2, 0) is 34.1 Å². The van der Waals surface area contributed by atoms with Gasteiger partial charge >= 0.3 is 11.7 Å². The van der Waals surface area contributed by atoms with Crippen LogP contribution in [0.1, 0.15) is 174 Å². The van der Waals surface area contributed by atoms with Gasteiger partial charge in [0.1, 0.15) is 40.8 Å². The van der Waals surface area contributed by atoms with E-state index in [0.29, 0.717) is 28.4 Å². The number of benzene rings is 4. The standard InChI is InChI=1S/C63H82N2O12/c1-8-9-10-11-12-13-14-15-16-17-18-19-20-21-22-26-41-74-54-43-48(42-45(2)47(54)4)60(69)65-56(67)39-40-64(62(65)70)61-59(73-7)58(77-57(68)38-29-46(3)66)55(76-61)44-75-63(49-27-24-23-25-28-49,50-30-34-52(71-5)35-31-50)51-32-36-53(72-6)37-33-51/h23-25,27-28,30-37,39-40,42-43,55,58-59,61H,8-22,26,29,38,41,44H2,1-7H3/t55-,58?,59+,61-/m1/s1. The summed E-state index contributed by atoms with van der Waals surface area (Å²) in [5.41, 5.74) is 0.751. The van der Waals surface area contributed by atoms with Crippen LogP contribution >= 0.6 is 0 Å². The van der Waals surface area contributed by atoms with Crippen LogP contribution in [0.25, 0.3) is 0 Å². The van der Waals surface area contributed by atoms with Gasteiger partial charge in [0.25, 0.3) is 11.5 Å². The number of Topliss-reactive ketones (excluding diaryl/α,β-unsaturated/α-hetero) is 1. The molecule has 14 heteroatoms. The lowest BCUT2D eigenvalue weighted by molar-refractivity contribution is -0.160. The quantitative estimate of drug-likeness (QED) is 0.0223. The van der Waals surface area contributed by atoms with Gasteiger partial charge in [0.15, 0.2) is 12.3 Å². The molecule has 14 nitrogen and oxygen atoms in total. The van der Waals surface area contributed by atoms with Crippen molar-refractivity contribution in [3.05, 3.63) is 157 Å². The summed E-state index contributed by atoms with van der Waals surface area (Å²) >= 11 is 0. The minimum absolute atomic E-state index is 0.0575. The molecule has 1 fully saturated rings. The summed E-state index contributed by atoms with van der Waals surface area (Å²) in [5, 5.41) is 0. The molecule has 4 aromatic carbocycles. The third-order valence-electron chi connectivity index (χ3n) is 14.8. The number of aromatic nitrogens is 2. The van der Waals surface area contributed by atoms with Crippen LogP contribution in [0, 0.1) is 13.8 Å². The lowest BCUT2D eigenvalue weighted by atomic mass is 9.80. The van der Waals surface area contributed by atoms with Gasteiger partial charge in [-0.25, -0.2) is 4.79 Å². The first-order valence-corrected chi connectivity index (χ1v) is 27.8. The minimum atomic E-state index is -1.34. The molecule has 1 aliphatic rings. The van der Waals surface area contributed by atoms with Gasteiger partial charge in [-0.3, -0.25) is 19.0 Å². The molecular weight excluding hydrogens is 977 g/mol. The number of aryl methyl sites for hydroxylation is 1. The maximum Gasteiger partial charge on any atom is 0.340 e. The maximum atomic E-state index is 14.7. The summed E-state index contributed by atoms with van der Waals surface area (Å²) in [6, 6.07) is 28.9. The van der Waals surface area contributed by atoms with Crippen molar-refractivity contribution >= 4 is 17.7 Å². The molecule has 0 bridgehead atoms. The van der Waals surface area contributed by atoms with E-state index in [4.69, 9.17) is 33.2 Å². The van der Waals surface area contributed by atoms with Crippen molar-refractivity contribution in [3.63, 3.8) is 0 Å². The number of methoxy groups -OCH3 is 3. The topological polar surface area (TPSA) is 160 Å². The Morgan fingerprint density at radius 2 is 1.17 bits per heavy atom. The third kappa shape index (κ3) is 16.1. The highest BCUT2D eigenvalue weighted by Crippen LogP contribution is 2.43. The largest absolute Gasteiger partial charge is 0.497 e. The number of rotatable bonds is 33. The molecule has 1 saturated heterocycles. The zero-order chi connectivity index (χ0) is 55.2. The van der Waals surface area contributed by atoms with Gasteiger partial charge in [0.2, 0.25) is 0 Å². The first-order valence-electron chi connectivity index (χ1n) is 27.8. The summed E-state index contributed by atoms with van der Waals surface area (Å²) in [6.45, 7) is 7.63. The summed E-state index contributed by atoms with van der Waals surface area (Å²) < 4.78 is 44.9. The molecule has 0 spiro atoms. The Hall–Kier alpha value is -6.35. The van der Waals surface area contributed by atoms with Crippen LogP contribution in [0.2, 0.25) is 0 Å². The van der Waals surface area contributed by atoms with E-state index in [0.717, 1.165) is 57.7 Å². The first-order chi connectivity index (χ1) is 37.4. The normalized spacial score (nSPS) is 16.3. The molecule has 1 unspecified atom stereocenters. The molecule has 2 heterocycles. The van der Waals surface area contributed by atoms with Gasteiger partial charge in [-0.2, -0.15) is 4.57 Å². The van der Waals surface area contributed by atoms with Crippen LogP contribution in [0.5, 0.6) is 17.2 Å². The van der Waals surface area contributed by atoms with Crippen LogP contribution in [0.4, 0.5) is 0 Å². The molecular formula is C63H82N2O12. The number of hydrogen-bond acceptors (Lipinski definition) is 12. The van der Waals surface area contributed by atoms with E-state index in [2.05, 4.69) is 6.92 Å². The smallest absolute Gasteiger partial charge is 0.340 e. The summed E-state index contributed by atoms with van der Waals surface area (Å²) in [7, 11) is 4.55. The highest BCUT2D eigenvalue weighted by molar-refractivity contribution is 5.96. The Kier molecular flexibility index (Phi) is 23.8. The monoisotopic (exact) mass is 1060 g/mol.